The number of hydrogen-bond acceptors (Lipinski definition) is 4. The van der Waals surface area contributed by atoms with Crippen LogP contribution in [0.3, 0.4) is 0 Å². The van der Waals surface area contributed by atoms with E-state index in [-0.39, 0.29) is 0 Å². The van der Waals surface area contributed by atoms with Crippen LogP contribution in [0, 0.1) is 0 Å². The molecule has 0 spiro atoms. The van der Waals surface area contributed by atoms with E-state index in [1.54, 1.807) is 42.5 Å². The number of nitrogens with one attached hydrogen (secondary N) is 1. The Hall–Kier alpha value is -2.37. The molecule has 2 aromatic carbocycles. The zero-order chi connectivity index (χ0) is 17.4. The highest BCUT2D eigenvalue weighted by molar-refractivity contribution is 6.30. The Labute approximate surface area is 145 Å². The monoisotopic (exact) mass is 347 g/mol. The highest BCUT2D eigenvalue weighted by atomic mass is 35.5. The number of carbonyl (C=O) groups excluding carboxylic acids is 2. The molecule has 1 amide bonds. The van der Waals surface area contributed by atoms with Crippen LogP contribution in [0.25, 0.3) is 0 Å². The summed E-state index contributed by atoms with van der Waals surface area (Å²) >= 11 is 5.80. The second-order valence-electron chi connectivity index (χ2n) is 5.15. The Bertz CT molecular complexity index is 673. The Kier molecular flexibility index (Phi) is 6.78. The van der Waals surface area contributed by atoms with Crippen molar-refractivity contribution in [1.82, 2.24) is 5.32 Å². The molecule has 0 aromatic heterocycles. The number of halogens is 1. The number of amides is 1. The molecule has 0 fully saturated rings. The average Bonchev–Trinajstić information content (AvgIpc) is 2.61. The van der Waals surface area contributed by atoms with Crippen molar-refractivity contribution in [3.05, 3.63) is 70.7 Å². The van der Waals surface area contributed by atoms with Crippen LogP contribution in [0.5, 0.6) is 0 Å². The van der Waals surface area contributed by atoms with Crippen LogP contribution >= 0.6 is 11.6 Å². The molecule has 0 radical (unpaired) electrons. The minimum Gasteiger partial charge on any atom is -0.453 e. The molecule has 0 aliphatic heterocycles. The Balaban J connectivity index is 1.69. The second kappa shape index (κ2) is 9.05. The van der Waals surface area contributed by atoms with Gasteiger partial charge in [0.2, 0.25) is 0 Å². The first-order valence-corrected chi connectivity index (χ1v) is 7.85. The van der Waals surface area contributed by atoms with Crippen molar-refractivity contribution in [2.24, 2.45) is 0 Å². The topological polar surface area (TPSA) is 75.6 Å². The van der Waals surface area contributed by atoms with Gasteiger partial charge < -0.3 is 15.2 Å². The number of carbonyl (C=O) groups is 2. The van der Waals surface area contributed by atoms with Crippen LogP contribution in [0.15, 0.2) is 54.6 Å². The third-order valence-electron chi connectivity index (χ3n) is 3.33. The Morgan fingerprint density at radius 3 is 2.42 bits per heavy atom. The number of esters is 1. The molecule has 5 nitrogen and oxygen atoms in total. The molecule has 0 unspecified atom stereocenters. The fourth-order valence-corrected chi connectivity index (χ4v) is 2.16. The van der Waals surface area contributed by atoms with E-state index in [4.69, 9.17) is 16.3 Å². The fourth-order valence-electron chi connectivity index (χ4n) is 2.04. The maximum Gasteiger partial charge on any atom is 0.340 e. The molecule has 0 heterocycles. The van der Waals surface area contributed by atoms with Crippen molar-refractivity contribution in [2.75, 3.05) is 13.2 Å². The van der Waals surface area contributed by atoms with Crippen molar-refractivity contribution in [3.8, 4) is 0 Å². The molecule has 2 aromatic rings. The molecule has 0 aliphatic carbocycles. The lowest BCUT2D eigenvalue weighted by molar-refractivity contribution is -0.157. The molecule has 0 saturated carbocycles. The maximum absolute atomic E-state index is 11.7. The van der Waals surface area contributed by atoms with E-state index in [1.807, 2.05) is 12.1 Å². The molecule has 2 rings (SSSR count). The molecular weight excluding hydrogens is 330 g/mol. The predicted molar refractivity (Wildman–Crippen MR) is 90.5 cm³/mol. The van der Waals surface area contributed by atoms with Gasteiger partial charge in [0.1, 0.15) is 0 Å². The number of aliphatic hydroxyl groups excluding tert-OH is 1. The summed E-state index contributed by atoms with van der Waals surface area (Å²) in [4.78, 5) is 23.4. The highest BCUT2D eigenvalue weighted by Crippen LogP contribution is 2.13. The number of ether oxygens (including phenoxy) is 1. The van der Waals surface area contributed by atoms with Crippen molar-refractivity contribution in [1.29, 1.82) is 0 Å². The maximum atomic E-state index is 11.7. The van der Waals surface area contributed by atoms with Crippen LogP contribution in [-0.4, -0.2) is 30.1 Å². The van der Waals surface area contributed by atoms with Gasteiger partial charge in [-0.05, 0) is 29.7 Å². The molecular formula is C18H18ClNO4. The van der Waals surface area contributed by atoms with Gasteiger partial charge in [-0.25, -0.2) is 4.79 Å². The Morgan fingerprint density at radius 2 is 1.75 bits per heavy atom. The minimum absolute atomic E-state index is 0.416. The summed E-state index contributed by atoms with van der Waals surface area (Å²) < 4.78 is 4.82. The number of rotatable bonds is 7. The number of benzene rings is 2. The number of aliphatic hydroxyl groups is 1. The van der Waals surface area contributed by atoms with Gasteiger partial charge in [0.15, 0.2) is 12.7 Å². The first-order valence-electron chi connectivity index (χ1n) is 7.47. The summed E-state index contributed by atoms with van der Waals surface area (Å²) in [6, 6.07) is 15.7. The molecule has 2 N–H and O–H groups in total. The quantitative estimate of drug-likeness (QED) is 0.753. The minimum atomic E-state index is -1.40. The Morgan fingerprint density at radius 1 is 1.08 bits per heavy atom. The number of hydrogen-bond donors (Lipinski definition) is 2. The van der Waals surface area contributed by atoms with E-state index in [9.17, 15) is 14.7 Å². The van der Waals surface area contributed by atoms with Gasteiger partial charge in [0.05, 0.1) is 0 Å². The van der Waals surface area contributed by atoms with Gasteiger partial charge in [-0.2, -0.15) is 0 Å². The average molecular weight is 348 g/mol. The van der Waals surface area contributed by atoms with Crippen molar-refractivity contribution in [2.45, 2.75) is 12.5 Å². The van der Waals surface area contributed by atoms with E-state index in [2.05, 4.69) is 5.32 Å². The van der Waals surface area contributed by atoms with Crippen LogP contribution in [0.4, 0.5) is 0 Å². The van der Waals surface area contributed by atoms with Crippen LogP contribution < -0.4 is 5.32 Å². The molecule has 0 bridgehead atoms. The molecule has 0 saturated heterocycles. The summed E-state index contributed by atoms with van der Waals surface area (Å²) in [5, 5.41) is 13.1. The normalized spacial score (nSPS) is 11.6. The van der Waals surface area contributed by atoms with E-state index in [1.165, 1.54) is 0 Å². The lowest BCUT2D eigenvalue weighted by Crippen LogP contribution is -2.31. The summed E-state index contributed by atoms with van der Waals surface area (Å²) in [5.41, 5.74) is 1.46. The molecule has 0 aliphatic rings. The van der Waals surface area contributed by atoms with Gasteiger partial charge in [-0.1, -0.05) is 54.1 Å². The lowest BCUT2D eigenvalue weighted by atomic mass is 10.1. The molecule has 24 heavy (non-hydrogen) atoms. The largest absolute Gasteiger partial charge is 0.453 e. The van der Waals surface area contributed by atoms with E-state index in [0.29, 0.717) is 23.6 Å². The summed E-state index contributed by atoms with van der Waals surface area (Å²) in [5.74, 6) is -1.27. The van der Waals surface area contributed by atoms with Crippen molar-refractivity contribution >= 4 is 23.5 Å². The van der Waals surface area contributed by atoms with E-state index < -0.39 is 24.6 Å². The summed E-state index contributed by atoms with van der Waals surface area (Å²) in [6.45, 7) is -0.0113. The smallest absolute Gasteiger partial charge is 0.340 e. The fraction of sp³-hybridized carbons (Fsp3) is 0.222. The van der Waals surface area contributed by atoms with Crippen LogP contribution in [0.2, 0.25) is 5.02 Å². The zero-order valence-corrected chi connectivity index (χ0v) is 13.7. The zero-order valence-electron chi connectivity index (χ0n) is 12.9. The first kappa shape index (κ1) is 18.0. The van der Waals surface area contributed by atoms with Crippen molar-refractivity contribution < 1.29 is 19.4 Å². The van der Waals surface area contributed by atoms with Gasteiger partial charge >= 0.3 is 5.97 Å². The van der Waals surface area contributed by atoms with E-state index >= 15 is 0 Å². The second-order valence-corrected chi connectivity index (χ2v) is 5.58. The SMILES string of the molecule is O=C(COC(=O)[C@@H](O)c1ccccc1)NCCc1ccc(Cl)cc1. The van der Waals surface area contributed by atoms with E-state index in [0.717, 1.165) is 5.56 Å². The summed E-state index contributed by atoms with van der Waals surface area (Å²) in [6.07, 6.45) is -0.753. The third kappa shape index (κ3) is 5.68. The van der Waals surface area contributed by atoms with Gasteiger partial charge in [-0.15, -0.1) is 0 Å². The predicted octanol–water partition coefficient (Wildman–Crippen LogP) is 2.28. The standard InChI is InChI=1S/C18H18ClNO4/c19-15-8-6-13(7-9-15)10-11-20-16(21)12-24-18(23)17(22)14-4-2-1-3-5-14/h1-9,17,22H,10-12H2,(H,20,21)/t17-/m0/s1. The highest BCUT2D eigenvalue weighted by Gasteiger charge is 2.19. The van der Waals surface area contributed by atoms with Gasteiger partial charge in [0, 0.05) is 11.6 Å². The van der Waals surface area contributed by atoms with Crippen LogP contribution in [-0.2, 0) is 20.7 Å². The van der Waals surface area contributed by atoms with Crippen LogP contribution in [0.1, 0.15) is 17.2 Å². The van der Waals surface area contributed by atoms with Crippen molar-refractivity contribution in [3.63, 3.8) is 0 Å². The molecule has 126 valence electrons. The molecule has 6 heteroatoms. The van der Waals surface area contributed by atoms with Gasteiger partial charge in [0.25, 0.3) is 5.91 Å². The summed E-state index contributed by atoms with van der Waals surface area (Å²) in [7, 11) is 0. The molecule has 1 atom stereocenters. The van der Waals surface area contributed by atoms with Gasteiger partial charge in [-0.3, -0.25) is 4.79 Å². The lowest BCUT2D eigenvalue weighted by Gasteiger charge is -2.11. The first-order chi connectivity index (χ1) is 11.6. The third-order valence-corrected chi connectivity index (χ3v) is 3.59.